The summed E-state index contributed by atoms with van der Waals surface area (Å²) in [7, 11) is 0. The molecule has 0 bridgehead atoms. The molecule has 0 radical (unpaired) electrons. The number of halogens is 11. The Morgan fingerprint density at radius 3 is 1.10 bits per heavy atom. The van der Waals surface area contributed by atoms with E-state index in [0.717, 1.165) is 6.26 Å². The van der Waals surface area contributed by atoms with Gasteiger partial charge in [0.15, 0.2) is 58.2 Å². The van der Waals surface area contributed by atoms with Crippen molar-refractivity contribution in [3.05, 3.63) is 64.0 Å². The number of fused-ring (bicyclic) bond motifs is 1. The Balaban J connectivity index is 2.62. The SMILES string of the molecule is CSc1c(F)c(F)c(-c2c(F)c(F)c3c(F)c(F)c(F)c(F)c3c2F)c(F)c1F. The van der Waals surface area contributed by atoms with Crippen molar-refractivity contribution in [1.82, 2.24) is 0 Å². The third-order valence-electron chi connectivity index (χ3n) is 4.01. The molecular weight excluding hydrogens is 445 g/mol. The van der Waals surface area contributed by atoms with E-state index in [1.54, 1.807) is 0 Å². The smallest absolute Gasteiger partial charge is 0.198 e. The maximum atomic E-state index is 14.7. The van der Waals surface area contributed by atoms with Gasteiger partial charge in [0.25, 0.3) is 0 Å². The normalized spacial score (nSPS) is 11.6. The van der Waals surface area contributed by atoms with Crippen LogP contribution in [-0.4, -0.2) is 6.26 Å². The molecule has 0 unspecified atom stereocenters. The second-order valence-corrected chi connectivity index (χ2v) is 6.30. The van der Waals surface area contributed by atoms with E-state index in [2.05, 4.69) is 0 Å². The Bertz CT molecular complexity index is 1170. The molecule has 0 aromatic heterocycles. The Hall–Kier alpha value is -2.50. The van der Waals surface area contributed by atoms with E-state index >= 15 is 0 Å². The summed E-state index contributed by atoms with van der Waals surface area (Å²) in [5.74, 6) is -27.0. The van der Waals surface area contributed by atoms with Gasteiger partial charge in [0.1, 0.15) is 5.82 Å². The van der Waals surface area contributed by atoms with Crippen LogP contribution in [0.15, 0.2) is 4.90 Å². The Kier molecular flexibility index (Phi) is 5.18. The second-order valence-electron chi connectivity index (χ2n) is 5.49. The van der Waals surface area contributed by atoms with Gasteiger partial charge in [-0.15, -0.1) is 11.8 Å². The van der Waals surface area contributed by atoms with Crippen LogP contribution in [0.3, 0.4) is 0 Å². The predicted molar refractivity (Wildman–Crippen MR) is 80.7 cm³/mol. The van der Waals surface area contributed by atoms with Crippen molar-refractivity contribution in [1.29, 1.82) is 0 Å². The Labute approximate surface area is 157 Å². The maximum absolute atomic E-state index is 14.7. The molecule has 154 valence electrons. The van der Waals surface area contributed by atoms with Gasteiger partial charge in [-0.25, -0.2) is 48.3 Å². The minimum absolute atomic E-state index is 0.184. The Morgan fingerprint density at radius 2 is 0.690 bits per heavy atom. The van der Waals surface area contributed by atoms with Gasteiger partial charge in [0.05, 0.1) is 26.8 Å². The number of thioether (sulfide) groups is 1. The minimum atomic E-state index is -2.64. The summed E-state index contributed by atoms with van der Waals surface area (Å²) in [5, 5.41) is -4.09. The summed E-state index contributed by atoms with van der Waals surface area (Å²) in [4.78, 5) is -1.23. The lowest BCUT2D eigenvalue weighted by molar-refractivity contribution is 0.411. The van der Waals surface area contributed by atoms with E-state index in [1.807, 2.05) is 0 Å². The van der Waals surface area contributed by atoms with Crippen LogP contribution in [0.25, 0.3) is 21.9 Å². The highest BCUT2D eigenvalue weighted by molar-refractivity contribution is 7.98. The van der Waals surface area contributed by atoms with E-state index in [1.165, 1.54) is 0 Å². The second kappa shape index (κ2) is 7.08. The zero-order valence-electron chi connectivity index (χ0n) is 13.6. The largest absolute Gasteiger partial charge is 0.205 e. The summed E-state index contributed by atoms with van der Waals surface area (Å²) in [6.07, 6.45) is 1.01. The molecule has 12 heteroatoms. The molecule has 0 fully saturated rings. The van der Waals surface area contributed by atoms with Crippen LogP contribution < -0.4 is 0 Å². The van der Waals surface area contributed by atoms with E-state index in [4.69, 9.17) is 0 Å². The first-order chi connectivity index (χ1) is 13.5. The molecule has 0 saturated carbocycles. The standard InChI is InChI=1S/C17H3F11S/c1-29-17-15(27)11(23)5(12(24)16(17)28)2-6(18)3-4(8(20)7(2)19)10(22)14(26)13(25)9(3)21/h1H3. The van der Waals surface area contributed by atoms with Crippen LogP contribution >= 0.6 is 11.8 Å². The fourth-order valence-electron chi connectivity index (χ4n) is 2.71. The molecule has 29 heavy (non-hydrogen) atoms. The minimum Gasteiger partial charge on any atom is -0.205 e. The van der Waals surface area contributed by atoms with Crippen LogP contribution in [0.2, 0.25) is 0 Å². The van der Waals surface area contributed by atoms with Crippen molar-refractivity contribution in [3.63, 3.8) is 0 Å². The van der Waals surface area contributed by atoms with Gasteiger partial charge >= 0.3 is 0 Å². The average Bonchev–Trinajstić information content (AvgIpc) is 2.68. The van der Waals surface area contributed by atoms with Gasteiger partial charge in [-0.3, -0.25) is 0 Å². The van der Waals surface area contributed by atoms with Gasteiger partial charge < -0.3 is 0 Å². The third kappa shape index (κ3) is 2.75. The molecule has 0 spiro atoms. The molecule has 0 aliphatic heterocycles. The zero-order valence-corrected chi connectivity index (χ0v) is 14.4. The summed E-state index contributed by atoms with van der Waals surface area (Å²) in [5.41, 5.74) is -4.31. The highest BCUT2D eigenvalue weighted by atomic mass is 32.2. The maximum Gasteiger partial charge on any atom is 0.198 e. The Morgan fingerprint density at radius 1 is 0.379 bits per heavy atom. The van der Waals surface area contributed by atoms with Crippen LogP contribution in [0, 0.1) is 64.0 Å². The first-order valence-electron chi connectivity index (χ1n) is 7.19. The van der Waals surface area contributed by atoms with Crippen LogP contribution in [0.5, 0.6) is 0 Å². The van der Waals surface area contributed by atoms with Crippen molar-refractivity contribution >= 4 is 22.5 Å². The molecule has 0 amide bonds. The lowest BCUT2D eigenvalue weighted by atomic mass is 9.96. The van der Waals surface area contributed by atoms with Gasteiger partial charge in [0, 0.05) is 0 Å². The molecule has 3 aromatic rings. The number of hydrogen-bond acceptors (Lipinski definition) is 1. The summed E-state index contributed by atoms with van der Waals surface area (Å²) in [6, 6.07) is 0. The molecule has 3 rings (SSSR count). The molecular formula is C17H3F11S. The molecule has 0 aliphatic rings. The van der Waals surface area contributed by atoms with Gasteiger partial charge in [-0.1, -0.05) is 0 Å². The molecule has 0 aliphatic carbocycles. The van der Waals surface area contributed by atoms with Gasteiger partial charge in [-0.2, -0.15) is 0 Å². The van der Waals surface area contributed by atoms with E-state index in [9.17, 15) is 48.3 Å². The van der Waals surface area contributed by atoms with Crippen molar-refractivity contribution in [2.75, 3.05) is 6.26 Å². The van der Waals surface area contributed by atoms with Crippen molar-refractivity contribution in [2.24, 2.45) is 0 Å². The predicted octanol–water partition coefficient (Wildman–Crippen LogP) is 6.76. The highest BCUT2D eigenvalue weighted by Gasteiger charge is 2.35. The van der Waals surface area contributed by atoms with Crippen LogP contribution in [-0.2, 0) is 0 Å². The molecule has 0 N–H and O–H groups in total. The lowest BCUT2D eigenvalue weighted by Gasteiger charge is -2.15. The third-order valence-corrected chi connectivity index (χ3v) is 4.78. The fraction of sp³-hybridized carbons (Fsp3) is 0.0588. The van der Waals surface area contributed by atoms with Crippen LogP contribution in [0.4, 0.5) is 48.3 Å². The zero-order chi connectivity index (χ0) is 21.9. The summed E-state index contributed by atoms with van der Waals surface area (Å²) in [6.45, 7) is 0. The summed E-state index contributed by atoms with van der Waals surface area (Å²) < 4.78 is 154. The number of benzene rings is 3. The lowest BCUT2D eigenvalue weighted by Crippen LogP contribution is -2.09. The topological polar surface area (TPSA) is 0 Å². The van der Waals surface area contributed by atoms with E-state index < -0.39 is 90.8 Å². The molecule has 3 aromatic carbocycles. The monoisotopic (exact) mass is 448 g/mol. The fourth-order valence-corrected chi connectivity index (χ4v) is 3.25. The van der Waals surface area contributed by atoms with Crippen molar-refractivity contribution < 1.29 is 48.3 Å². The van der Waals surface area contributed by atoms with Gasteiger partial charge in [-0.05, 0) is 6.26 Å². The first kappa shape index (κ1) is 21.2. The van der Waals surface area contributed by atoms with Gasteiger partial charge in [0.2, 0.25) is 0 Å². The molecule has 0 saturated heterocycles. The number of hydrogen-bond donors (Lipinski definition) is 0. The van der Waals surface area contributed by atoms with E-state index in [-0.39, 0.29) is 11.8 Å². The van der Waals surface area contributed by atoms with Crippen molar-refractivity contribution in [2.45, 2.75) is 4.90 Å². The average molecular weight is 448 g/mol. The highest BCUT2D eigenvalue weighted by Crippen LogP contribution is 2.42. The molecule has 0 heterocycles. The van der Waals surface area contributed by atoms with Crippen molar-refractivity contribution in [3.8, 4) is 11.1 Å². The van der Waals surface area contributed by atoms with E-state index in [0.29, 0.717) is 0 Å². The quantitative estimate of drug-likeness (QED) is 0.181. The van der Waals surface area contributed by atoms with Crippen LogP contribution in [0.1, 0.15) is 0 Å². The molecule has 0 atom stereocenters. The first-order valence-corrected chi connectivity index (χ1v) is 8.42. The number of rotatable bonds is 2. The summed E-state index contributed by atoms with van der Waals surface area (Å²) >= 11 is 0.184. The molecule has 0 nitrogen and oxygen atoms in total.